The smallest absolute Gasteiger partial charge is 0.477 e. The number of nitrogens with one attached hydrogen (secondary N) is 1. The molecule has 13 heteroatoms. The third-order valence-corrected chi connectivity index (χ3v) is 5.54. The van der Waals surface area contributed by atoms with E-state index in [1.807, 2.05) is 50.2 Å². The van der Waals surface area contributed by atoms with E-state index in [1.54, 1.807) is 10.7 Å². The number of aromatic nitrogens is 5. The fourth-order valence-corrected chi connectivity index (χ4v) is 3.85. The van der Waals surface area contributed by atoms with Crippen LogP contribution in [0.1, 0.15) is 30.1 Å². The van der Waals surface area contributed by atoms with E-state index in [2.05, 4.69) is 20.6 Å². The topological polar surface area (TPSA) is 128 Å². The average molecular weight is 504 g/mol. The number of piperidine rings is 1. The highest BCUT2D eigenvalue weighted by atomic mass is 19.4. The highest BCUT2D eigenvalue weighted by molar-refractivity contribution is 5.73. The monoisotopic (exact) mass is 504 g/mol. The van der Waals surface area contributed by atoms with Crippen LogP contribution in [0.2, 0.25) is 0 Å². The van der Waals surface area contributed by atoms with Crippen LogP contribution in [0.5, 0.6) is 5.75 Å². The average Bonchev–Trinajstić information content (AvgIpc) is 3.48. The summed E-state index contributed by atoms with van der Waals surface area (Å²) in [6.45, 7) is 5.60. The second kappa shape index (κ2) is 9.93. The number of aliphatic carboxylic acids is 1. The minimum Gasteiger partial charge on any atom is -0.477 e. The number of halogens is 3. The number of carbonyl (C=O) groups is 1. The maximum atomic E-state index is 10.6. The molecule has 0 atom stereocenters. The standard InChI is InChI=1S/C21H22N6O2.C2HF3O2/c1-14-12-15(2)27-19(24-14)17(13-23-27)18-25-20(29-26-18)21(8-10-22-11-9-21)28-16-6-4-3-5-7-16;3-2(4,5)1(6)7/h3-7,12-13,22H,8-11H2,1-2H3;(H,6,7). The molecule has 0 radical (unpaired) electrons. The Balaban J connectivity index is 0.000000384. The van der Waals surface area contributed by atoms with Gasteiger partial charge < -0.3 is 19.7 Å². The van der Waals surface area contributed by atoms with Gasteiger partial charge in [-0.2, -0.15) is 23.3 Å². The van der Waals surface area contributed by atoms with Crippen molar-refractivity contribution in [2.24, 2.45) is 0 Å². The Morgan fingerprint density at radius 1 is 1.17 bits per heavy atom. The number of ether oxygens (including phenoxy) is 1. The number of hydrogen-bond acceptors (Lipinski definition) is 8. The van der Waals surface area contributed by atoms with Gasteiger partial charge in [-0.15, -0.1) is 0 Å². The Morgan fingerprint density at radius 2 is 1.83 bits per heavy atom. The molecule has 190 valence electrons. The van der Waals surface area contributed by atoms with Gasteiger partial charge in [-0.3, -0.25) is 0 Å². The molecule has 4 aromatic rings. The first-order chi connectivity index (χ1) is 17.1. The number of carboxylic acids is 1. The number of para-hydroxylation sites is 1. The Morgan fingerprint density at radius 3 is 2.47 bits per heavy atom. The zero-order valence-electron chi connectivity index (χ0n) is 19.4. The fourth-order valence-electron chi connectivity index (χ4n) is 3.85. The van der Waals surface area contributed by atoms with Gasteiger partial charge in [0.05, 0.1) is 11.8 Å². The number of fused-ring (bicyclic) bond motifs is 1. The molecule has 0 bridgehead atoms. The van der Waals surface area contributed by atoms with Crippen LogP contribution in [0.3, 0.4) is 0 Å². The van der Waals surface area contributed by atoms with Crippen molar-refractivity contribution in [1.82, 2.24) is 30.1 Å². The second-order valence-electron chi connectivity index (χ2n) is 8.22. The molecule has 1 fully saturated rings. The lowest BCUT2D eigenvalue weighted by Crippen LogP contribution is -2.44. The first kappa shape index (κ1) is 25.1. The SMILES string of the molecule is Cc1cc(C)n2ncc(-c3noc(C4(Oc5ccccc5)CCNCC4)n3)c2n1.O=C(O)C(F)(F)F. The van der Waals surface area contributed by atoms with Gasteiger partial charge in [-0.1, -0.05) is 23.4 Å². The first-order valence-corrected chi connectivity index (χ1v) is 11.0. The molecule has 5 rings (SSSR count). The van der Waals surface area contributed by atoms with Crippen molar-refractivity contribution in [2.45, 2.75) is 38.5 Å². The Bertz CT molecular complexity index is 1350. The number of hydrogen-bond donors (Lipinski definition) is 2. The van der Waals surface area contributed by atoms with Gasteiger partial charge in [0.1, 0.15) is 5.75 Å². The van der Waals surface area contributed by atoms with Crippen molar-refractivity contribution in [3.63, 3.8) is 0 Å². The quantitative estimate of drug-likeness (QED) is 0.428. The van der Waals surface area contributed by atoms with Crippen molar-refractivity contribution in [3.05, 3.63) is 59.9 Å². The Kier molecular flexibility index (Phi) is 6.93. The van der Waals surface area contributed by atoms with Gasteiger partial charge in [0.25, 0.3) is 5.89 Å². The van der Waals surface area contributed by atoms with Crippen LogP contribution in [-0.4, -0.2) is 55.1 Å². The number of nitrogens with zero attached hydrogens (tertiary/aromatic N) is 5. The fraction of sp³-hybridized carbons (Fsp3) is 0.348. The van der Waals surface area contributed by atoms with Gasteiger partial charge in [-0.25, -0.2) is 14.3 Å². The molecule has 0 spiro atoms. The number of alkyl halides is 3. The molecule has 2 N–H and O–H groups in total. The molecule has 1 aliphatic rings. The van der Waals surface area contributed by atoms with E-state index in [0.29, 0.717) is 11.7 Å². The van der Waals surface area contributed by atoms with Crippen molar-refractivity contribution >= 4 is 11.6 Å². The number of benzene rings is 1. The van der Waals surface area contributed by atoms with Crippen LogP contribution >= 0.6 is 0 Å². The Labute approximate surface area is 203 Å². The minimum atomic E-state index is -5.08. The maximum Gasteiger partial charge on any atom is 0.490 e. The van der Waals surface area contributed by atoms with Crippen LogP contribution in [-0.2, 0) is 10.4 Å². The lowest BCUT2D eigenvalue weighted by molar-refractivity contribution is -0.192. The molecular weight excluding hydrogens is 481 g/mol. The molecule has 1 saturated heterocycles. The van der Waals surface area contributed by atoms with Crippen molar-refractivity contribution < 1.29 is 32.3 Å². The van der Waals surface area contributed by atoms with E-state index in [4.69, 9.17) is 24.1 Å². The molecule has 0 amide bonds. The predicted molar refractivity (Wildman–Crippen MR) is 120 cm³/mol. The lowest BCUT2D eigenvalue weighted by atomic mass is 9.91. The predicted octanol–water partition coefficient (Wildman–Crippen LogP) is 3.69. The van der Waals surface area contributed by atoms with Crippen LogP contribution < -0.4 is 10.1 Å². The molecular formula is C23H23F3N6O4. The summed E-state index contributed by atoms with van der Waals surface area (Å²) >= 11 is 0. The summed E-state index contributed by atoms with van der Waals surface area (Å²) in [4.78, 5) is 18.2. The van der Waals surface area contributed by atoms with Crippen LogP contribution in [0.4, 0.5) is 13.2 Å². The third kappa shape index (κ3) is 5.30. The second-order valence-corrected chi connectivity index (χ2v) is 8.22. The molecule has 4 heterocycles. The summed E-state index contributed by atoms with van der Waals surface area (Å²) < 4.78 is 45.7. The largest absolute Gasteiger partial charge is 0.490 e. The molecule has 3 aromatic heterocycles. The van der Waals surface area contributed by atoms with E-state index in [0.717, 1.165) is 54.3 Å². The third-order valence-electron chi connectivity index (χ3n) is 5.54. The number of aryl methyl sites for hydroxylation is 2. The van der Waals surface area contributed by atoms with E-state index < -0.39 is 17.7 Å². The van der Waals surface area contributed by atoms with E-state index >= 15 is 0 Å². The maximum absolute atomic E-state index is 10.6. The van der Waals surface area contributed by atoms with Gasteiger partial charge in [0.2, 0.25) is 5.82 Å². The number of carboxylic acid groups (broad SMARTS) is 1. The zero-order valence-corrected chi connectivity index (χ0v) is 19.4. The minimum absolute atomic E-state index is 0.474. The lowest BCUT2D eigenvalue weighted by Gasteiger charge is -2.34. The molecule has 0 saturated carbocycles. The molecule has 0 aliphatic carbocycles. The van der Waals surface area contributed by atoms with Crippen LogP contribution in [0.15, 0.2) is 47.1 Å². The summed E-state index contributed by atoms with van der Waals surface area (Å²) in [5, 5.41) is 19.2. The van der Waals surface area contributed by atoms with Gasteiger partial charge in [0, 0.05) is 24.2 Å². The van der Waals surface area contributed by atoms with E-state index in [9.17, 15) is 13.2 Å². The van der Waals surface area contributed by atoms with E-state index in [-0.39, 0.29) is 0 Å². The van der Waals surface area contributed by atoms with Gasteiger partial charge >= 0.3 is 12.1 Å². The molecule has 10 nitrogen and oxygen atoms in total. The molecule has 1 aliphatic heterocycles. The Hall–Kier alpha value is -4.00. The molecule has 36 heavy (non-hydrogen) atoms. The summed E-state index contributed by atoms with van der Waals surface area (Å²) in [5.41, 5.74) is 2.74. The van der Waals surface area contributed by atoms with E-state index in [1.165, 1.54) is 0 Å². The molecule has 1 aromatic carbocycles. The summed E-state index contributed by atoms with van der Waals surface area (Å²) in [6.07, 6.45) is -1.86. The number of rotatable bonds is 4. The van der Waals surface area contributed by atoms with Crippen LogP contribution in [0, 0.1) is 13.8 Å². The van der Waals surface area contributed by atoms with Crippen molar-refractivity contribution in [1.29, 1.82) is 0 Å². The first-order valence-electron chi connectivity index (χ1n) is 11.0. The van der Waals surface area contributed by atoms with Crippen LogP contribution in [0.25, 0.3) is 17.0 Å². The molecule has 0 unspecified atom stereocenters. The normalized spacial score (nSPS) is 15.2. The highest BCUT2D eigenvalue weighted by Crippen LogP contribution is 2.36. The van der Waals surface area contributed by atoms with Crippen molar-refractivity contribution in [2.75, 3.05) is 13.1 Å². The van der Waals surface area contributed by atoms with Gasteiger partial charge in [0.15, 0.2) is 11.2 Å². The zero-order chi connectivity index (χ0) is 25.9. The van der Waals surface area contributed by atoms with Crippen molar-refractivity contribution in [3.8, 4) is 17.1 Å². The summed E-state index contributed by atoms with van der Waals surface area (Å²) in [5.74, 6) is -1.01. The highest BCUT2D eigenvalue weighted by Gasteiger charge is 2.42. The van der Waals surface area contributed by atoms with Gasteiger partial charge in [-0.05, 0) is 45.1 Å². The summed E-state index contributed by atoms with van der Waals surface area (Å²) in [6, 6.07) is 11.8. The summed E-state index contributed by atoms with van der Waals surface area (Å²) in [7, 11) is 0.